The fourth-order valence-electron chi connectivity index (χ4n) is 0.430. The van der Waals surface area contributed by atoms with Crippen LogP contribution in [0.3, 0.4) is 0 Å². The van der Waals surface area contributed by atoms with Crippen LogP contribution < -0.4 is 18.9 Å². The summed E-state index contributed by atoms with van der Waals surface area (Å²) in [4.78, 5) is 0. The maximum atomic E-state index is 12.1. The molecule has 0 saturated heterocycles. The Balaban J connectivity index is 0. The molecule has 0 aliphatic carbocycles. The average Bonchev–Trinajstić information content (AvgIpc) is 2.11. The molecular formula is C10H13BrFLi. The van der Waals surface area contributed by atoms with Crippen molar-refractivity contribution in [2.24, 2.45) is 0 Å². The van der Waals surface area contributed by atoms with E-state index >= 15 is 0 Å². The van der Waals surface area contributed by atoms with E-state index in [1.807, 2.05) is 0 Å². The monoisotopic (exact) mass is 238 g/mol. The van der Waals surface area contributed by atoms with Gasteiger partial charge in [-0.3, -0.25) is 0 Å². The SMILES string of the molecule is Fc1ccc(Br)cc1.[CH2-]CCC.[Li+]. The number of hydrogen-bond acceptors (Lipinski definition) is 0. The second kappa shape index (κ2) is 10.3. The molecule has 0 aliphatic heterocycles. The standard InChI is InChI=1S/C6H4BrF.C4H9.Li/c7-5-1-3-6(8)4-2-5;1-3-4-2;/h1-4H;1,3-4H2,2H3;/q;-1;+1. The van der Waals surface area contributed by atoms with Gasteiger partial charge in [0.2, 0.25) is 0 Å². The van der Waals surface area contributed by atoms with Crippen LogP contribution in [0.4, 0.5) is 4.39 Å². The first-order chi connectivity index (χ1) is 5.70. The summed E-state index contributed by atoms with van der Waals surface area (Å²) in [5.41, 5.74) is 0. The van der Waals surface area contributed by atoms with E-state index in [-0.39, 0.29) is 24.7 Å². The first-order valence-electron chi connectivity index (χ1n) is 3.91. The van der Waals surface area contributed by atoms with Crippen molar-refractivity contribution in [1.29, 1.82) is 0 Å². The Morgan fingerprint density at radius 2 is 1.69 bits per heavy atom. The van der Waals surface area contributed by atoms with E-state index in [0.717, 1.165) is 10.9 Å². The van der Waals surface area contributed by atoms with Crippen molar-refractivity contribution >= 4 is 15.9 Å². The minimum atomic E-state index is -0.201. The summed E-state index contributed by atoms with van der Waals surface area (Å²) in [7, 11) is 0. The van der Waals surface area contributed by atoms with E-state index in [1.165, 1.54) is 18.6 Å². The van der Waals surface area contributed by atoms with Gasteiger partial charge in [-0.2, -0.15) is 6.42 Å². The van der Waals surface area contributed by atoms with Crippen LogP contribution in [0.15, 0.2) is 28.7 Å². The molecule has 0 spiro atoms. The summed E-state index contributed by atoms with van der Waals surface area (Å²) in [5.74, 6) is -0.201. The van der Waals surface area contributed by atoms with Crippen molar-refractivity contribution in [3.63, 3.8) is 0 Å². The van der Waals surface area contributed by atoms with Gasteiger partial charge in [-0.1, -0.05) is 29.3 Å². The topological polar surface area (TPSA) is 0 Å². The molecule has 1 aromatic rings. The fourth-order valence-corrected chi connectivity index (χ4v) is 0.694. The molecule has 0 saturated carbocycles. The van der Waals surface area contributed by atoms with Gasteiger partial charge in [0, 0.05) is 4.47 Å². The maximum Gasteiger partial charge on any atom is 1.00 e. The number of hydrogen-bond donors (Lipinski definition) is 0. The molecule has 13 heavy (non-hydrogen) atoms. The van der Waals surface area contributed by atoms with Gasteiger partial charge in [0.05, 0.1) is 0 Å². The molecule has 0 aromatic heterocycles. The van der Waals surface area contributed by atoms with Crippen LogP contribution in [0.25, 0.3) is 0 Å². The Labute approximate surface area is 100 Å². The summed E-state index contributed by atoms with van der Waals surface area (Å²) in [5, 5.41) is 0. The molecule has 1 rings (SSSR count). The van der Waals surface area contributed by atoms with Crippen molar-refractivity contribution in [2.75, 3.05) is 0 Å². The fraction of sp³-hybridized carbons (Fsp3) is 0.300. The van der Waals surface area contributed by atoms with Crippen LogP contribution >= 0.6 is 15.9 Å². The Kier molecular flexibility index (Phi) is 12.4. The molecule has 0 fully saturated rings. The third-order valence-corrected chi connectivity index (χ3v) is 1.69. The number of rotatable bonds is 1. The molecule has 0 heterocycles. The Morgan fingerprint density at radius 3 is 1.92 bits per heavy atom. The summed E-state index contributed by atoms with van der Waals surface area (Å²) in [6.45, 7) is 5.72. The number of unbranched alkanes of at least 4 members (excludes halogenated alkanes) is 1. The summed E-state index contributed by atoms with van der Waals surface area (Å²) < 4.78 is 13.0. The molecule has 1 aromatic carbocycles. The van der Waals surface area contributed by atoms with E-state index in [4.69, 9.17) is 0 Å². The van der Waals surface area contributed by atoms with Crippen molar-refractivity contribution in [3.8, 4) is 0 Å². The molecule has 0 radical (unpaired) electrons. The molecule has 68 valence electrons. The third-order valence-electron chi connectivity index (χ3n) is 1.16. The molecular weight excluding hydrogens is 226 g/mol. The van der Waals surface area contributed by atoms with Gasteiger partial charge in [-0.25, -0.2) is 4.39 Å². The largest absolute Gasteiger partial charge is 1.00 e. The van der Waals surface area contributed by atoms with Gasteiger partial charge in [-0.05, 0) is 24.3 Å². The van der Waals surface area contributed by atoms with E-state index < -0.39 is 0 Å². The predicted molar refractivity (Wildman–Crippen MR) is 54.4 cm³/mol. The average molecular weight is 239 g/mol. The number of benzene rings is 1. The van der Waals surface area contributed by atoms with Crippen molar-refractivity contribution in [2.45, 2.75) is 19.8 Å². The Bertz CT molecular complexity index is 176. The first kappa shape index (κ1) is 15.7. The van der Waals surface area contributed by atoms with Gasteiger partial charge < -0.3 is 6.92 Å². The van der Waals surface area contributed by atoms with Crippen LogP contribution in [-0.4, -0.2) is 0 Å². The van der Waals surface area contributed by atoms with Gasteiger partial charge in [-0.15, -0.1) is 0 Å². The van der Waals surface area contributed by atoms with Crippen LogP contribution in [0.5, 0.6) is 0 Å². The van der Waals surface area contributed by atoms with Crippen LogP contribution in [-0.2, 0) is 0 Å². The predicted octanol–water partition coefficient (Wildman–Crippen LogP) is 1.21. The zero-order chi connectivity index (χ0) is 9.40. The third kappa shape index (κ3) is 10.1. The van der Waals surface area contributed by atoms with Gasteiger partial charge in [0.25, 0.3) is 0 Å². The van der Waals surface area contributed by atoms with Crippen LogP contribution in [0.2, 0.25) is 0 Å². The summed E-state index contributed by atoms with van der Waals surface area (Å²) in [6, 6.07) is 6.14. The quantitative estimate of drug-likeness (QED) is 0.510. The molecule has 0 N–H and O–H groups in total. The second-order valence-corrected chi connectivity index (χ2v) is 3.21. The van der Waals surface area contributed by atoms with Gasteiger partial charge in [0.15, 0.2) is 0 Å². The van der Waals surface area contributed by atoms with Crippen molar-refractivity contribution < 1.29 is 23.3 Å². The Hall–Kier alpha value is 0.227. The van der Waals surface area contributed by atoms with Gasteiger partial charge in [0.1, 0.15) is 5.82 Å². The molecule has 0 atom stereocenters. The van der Waals surface area contributed by atoms with Crippen molar-refractivity contribution in [3.05, 3.63) is 41.5 Å². The van der Waals surface area contributed by atoms with Crippen molar-refractivity contribution in [1.82, 2.24) is 0 Å². The summed E-state index contributed by atoms with van der Waals surface area (Å²) in [6.07, 6.45) is 2.28. The smallest absolute Gasteiger partial charge is 0.343 e. The molecule has 0 unspecified atom stereocenters. The molecule has 3 heteroatoms. The van der Waals surface area contributed by atoms with Gasteiger partial charge >= 0.3 is 18.9 Å². The van der Waals surface area contributed by atoms with E-state index in [1.54, 1.807) is 12.1 Å². The molecule has 0 amide bonds. The normalized spacial score (nSPS) is 8.00. The van der Waals surface area contributed by atoms with Crippen LogP contribution in [0.1, 0.15) is 19.8 Å². The van der Waals surface area contributed by atoms with E-state index in [9.17, 15) is 4.39 Å². The zero-order valence-electron chi connectivity index (χ0n) is 8.19. The van der Waals surface area contributed by atoms with E-state index in [0.29, 0.717) is 0 Å². The number of halogens is 2. The van der Waals surface area contributed by atoms with Crippen LogP contribution in [0, 0.1) is 12.7 Å². The molecule has 0 bridgehead atoms. The minimum absolute atomic E-state index is 0. The minimum Gasteiger partial charge on any atom is -0.343 e. The Morgan fingerprint density at radius 1 is 1.31 bits per heavy atom. The zero-order valence-corrected chi connectivity index (χ0v) is 9.77. The molecule has 0 aliphatic rings. The second-order valence-electron chi connectivity index (χ2n) is 2.29. The maximum absolute atomic E-state index is 12.1. The first-order valence-corrected chi connectivity index (χ1v) is 4.70. The molecule has 0 nitrogen and oxygen atoms in total. The summed E-state index contributed by atoms with van der Waals surface area (Å²) >= 11 is 3.18. The van der Waals surface area contributed by atoms with E-state index in [2.05, 4.69) is 29.8 Å².